The van der Waals surface area contributed by atoms with Crippen LogP contribution in [0.1, 0.15) is 15.9 Å². The van der Waals surface area contributed by atoms with E-state index in [1.54, 1.807) is 0 Å². The maximum Gasteiger partial charge on any atom is 0.225 e. The van der Waals surface area contributed by atoms with Crippen molar-refractivity contribution in [2.24, 2.45) is 0 Å². The Hall–Kier alpha value is -1.95. The Kier molecular flexibility index (Phi) is 2.34. The molecule has 0 unspecified atom stereocenters. The van der Waals surface area contributed by atoms with Crippen LogP contribution >= 0.6 is 0 Å². The number of ketones is 1. The molecule has 3 heteroatoms. The molecule has 58 valence electrons. The van der Waals surface area contributed by atoms with Crippen LogP contribution in [0.3, 0.4) is 0 Å². The minimum atomic E-state index is -0.570. The summed E-state index contributed by atoms with van der Waals surface area (Å²) in [5.41, 5.74) is 0.779. The predicted molar refractivity (Wildman–Crippen MR) is 41.6 cm³/mol. The second-order valence-electron chi connectivity index (χ2n) is 2.17. The Bertz CT molecular complexity index is 346. The molecule has 0 heterocycles. The van der Waals surface area contributed by atoms with Gasteiger partial charge < -0.3 is 0 Å². The van der Waals surface area contributed by atoms with Crippen molar-refractivity contribution in [3.8, 4) is 6.07 Å². The van der Waals surface area contributed by atoms with Gasteiger partial charge in [0.15, 0.2) is 6.29 Å². The maximum absolute atomic E-state index is 10.8. The van der Waals surface area contributed by atoms with E-state index in [1.165, 1.54) is 24.3 Å². The highest BCUT2D eigenvalue weighted by Gasteiger charge is 2.01. The van der Waals surface area contributed by atoms with Crippen LogP contribution in [0.25, 0.3) is 0 Å². The first-order valence-electron chi connectivity index (χ1n) is 3.27. The topological polar surface area (TPSA) is 57.9 Å². The van der Waals surface area contributed by atoms with Gasteiger partial charge >= 0.3 is 0 Å². The van der Waals surface area contributed by atoms with Gasteiger partial charge in [-0.05, 0) is 24.3 Å². The summed E-state index contributed by atoms with van der Waals surface area (Å²) in [4.78, 5) is 20.8. The fraction of sp³-hybridized carbons (Fsp3) is 0. The highest BCUT2D eigenvalue weighted by Crippen LogP contribution is 2.02. The third-order valence-electron chi connectivity index (χ3n) is 1.41. The molecule has 0 saturated heterocycles. The first-order valence-corrected chi connectivity index (χ1v) is 3.27. The quantitative estimate of drug-likeness (QED) is 0.366. The predicted octanol–water partition coefficient (Wildman–Crippen LogP) is 0.940. The summed E-state index contributed by atoms with van der Waals surface area (Å²) in [6.07, 6.45) is 0.251. The summed E-state index contributed by atoms with van der Waals surface area (Å²) >= 11 is 0. The molecule has 1 rings (SSSR count). The zero-order valence-electron chi connectivity index (χ0n) is 6.15. The van der Waals surface area contributed by atoms with E-state index in [-0.39, 0.29) is 6.29 Å². The molecule has 12 heavy (non-hydrogen) atoms. The molecule has 0 N–H and O–H groups in total. The lowest BCUT2D eigenvalue weighted by molar-refractivity contribution is -0.104. The molecule has 0 aliphatic carbocycles. The smallest absolute Gasteiger partial charge is 0.225 e. The number of benzene rings is 1. The molecule has 0 aliphatic rings. The van der Waals surface area contributed by atoms with Crippen LogP contribution < -0.4 is 0 Å². The summed E-state index contributed by atoms with van der Waals surface area (Å²) < 4.78 is 0. The van der Waals surface area contributed by atoms with E-state index >= 15 is 0 Å². The fourth-order valence-corrected chi connectivity index (χ4v) is 0.777. The van der Waals surface area contributed by atoms with Gasteiger partial charge in [-0.3, -0.25) is 9.59 Å². The maximum atomic E-state index is 10.8. The Labute approximate surface area is 69.2 Å². The Morgan fingerprint density at radius 1 is 1.33 bits per heavy atom. The second kappa shape index (κ2) is 3.44. The summed E-state index contributed by atoms with van der Waals surface area (Å²) in [5.74, 6) is -0.570. The molecule has 1 aromatic rings. The number of aldehydes is 1. The first-order chi connectivity index (χ1) is 5.77. The first kappa shape index (κ1) is 8.15. The largest absolute Gasteiger partial charge is 0.294 e. The summed E-state index contributed by atoms with van der Waals surface area (Å²) in [5, 5.41) is 8.42. The molecule has 1 aromatic carbocycles. The molecular formula is C9H5NO2. The molecule has 0 aromatic heterocycles. The van der Waals surface area contributed by atoms with Crippen molar-refractivity contribution in [1.82, 2.24) is 0 Å². The molecular weight excluding hydrogens is 154 g/mol. The average molecular weight is 159 g/mol. The van der Waals surface area contributed by atoms with Gasteiger partial charge in [0.25, 0.3) is 0 Å². The Morgan fingerprint density at radius 2 is 1.92 bits per heavy atom. The number of rotatable bonds is 2. The molecule has 0 fully saturated rings. The second-order valence-corrected chi connectivity index (χ2v) is 2.17. The fourth-order valence-electron chi connectivity index (χ4n) is 0.777. The molecule has 0 saturated carbocycles. The number of nitriles is 1. The van der Waals surface area contributed by atoms with Crippen LogP contribution in [-0.4, -0.2) is 12.1 Å². The van der Waals surface area contributed by atoms with Gasteiger partial charge in [0, 0.05) is 5.56 Å². The van der Waals surface area contributed by atoms with E-state index < -0.39 is 5.78 Å². The lowest BCUT2D eigenvalue weighted by atomic mass is 10.1. The van der Waals surface area contributed by atoms with Crippen molar-refractivity contribution in [2.75, 3.05) is 0 Å². The third kappa shape index (κ3) is 1.55. The minimum absolute atomic E-state index is 0.251. The van der Waals surface area contributed by atoms with Crippen molar-refractivity contribution in [3.05, 3.63) is 35.4 Å². The number of carbonyl (C=O) groups excluding carboxylic acids is 2. The molecule has 0 aliphatic heterocycles. The number of carbonyl (C=O) groups is 2. The summed E-state index contributed by atoms with van der Waals surface area (Å²) in [7, 11) is 0. The van der Waals surface area contributed by atoms with Gasteiger partial charge in [-0.25, -0.2) is 0 Å². The highest BCUT2D eigenvalue weighted by atomic mass is 16.2. The number of hydrogen-bond acceptors (Lipinski definition) is 3. The van der Waals surface area contributed by atoms with Crippen molar-refractivity contribution in [1.29, 1.82) is 5.26 Å². The summed E-state index contributed by atoms with van der Waals surface area (Å²) in [6, 6.07) is 7.81. The SMILES string of the molecule is N#Cc1ccc(C(=O)C=O)cc1. The van der Waals surface area contributed by atoms with Crippen molar-refractivity contribution in [3.63, 3.8) is 0 Å². The number of nitrogens with zero attached hydrogens (tertiary/aromatic N) is 1. The molecule has 3 nitrogen and oxygen atoms in total. The minimum Gasteiger partial charge on any atom is -0.294 e. The van der Waals surface area contributed by atoms with Crippen LogP contribution in [0.4, 0.5) is 0 Å². The molecule has 0 spiro atoms. The molecule has 0 radical (unpaired) electrons. The molecule has 0 atom stereocenters. The standard InChI is InChI=1S/C9H5NO2/c10-5-7-1-3-8(4-2-7)9(12)6-11/h1-4,6H. The van der Waals surface area contributed by atoms with Crippen LogP contribution in [0, 0.1) is 11.3 Å². The van der Waals surface area contributed by atoms with E-state index in [2.05, 4.69) is 0 Å². The normalized spacial score (nSPS) is 8.58. The lowest BCUT2D eigenvalue weighted by Crippen LogP contribution is -1.98. The van der Waals surface area contributed by atoms with Gasteiger partial charge in [0.1, 0.15) is 0 Å². The Morgan fingerprint density at radius 3 is 2.33 bits per heavy atom. The third-order valence-corrected chi connectivity index (χ3v) is 1.41. The zero-order valence-corrected chi connectivity index (χ0v) is 6.15. The van der Waals surface area contributed by atoms with E-state index in [1.807, 2.05) is 6.07 Å². The lowest BCUT2D eigenvalue weighted by Gasteiger charge is -1.91. The average Bonchev–Trinajstić information content (AvgIpc) is 2.17. The molecule has 0 bridgehead atoms. The van der Waals surface area contributed by atoms with Gasteiger partial charge in [-0.2, -0.15) is 5.26 Å². The number of hydrogen-bond donors (Lipinski definition) is 0. The van der Waals surface area contributed by atoms with Crippen LogP contribution in [0.2, 0.25) is 0 Å². The number of Topliss-reactive ketones (excluding diaryl/α,β-unsaturated/α-hetero) is 1. The zero-order chi connectivity index (χ0) is 8.97. The molecule has 0 amide bonds. The van der Waals surface area contributed by atoms with Gasteiger partial charge in [-0.1, -0.05) is 0 Å². The van der Waals surface area contributed by atoms with E-state index in [0.717, 1.165) is 0 Å². The van der Waals surface area contributed by atoms with Crippen molar-refractivity contribution >= 4 is 12.1 Å². The van der Waals surface area contributed by atoms with Gasteiger partial charge in [0.05, 0.1) is 11.6 Å². The van der Waals surface area contributed by atoms with Crippen LogP contribution in [0.15, 0.2) is 24.3 Å². The van der Waals surface area contributed by atoms with Crippen LogP contribution in [-0.2, 0) is 4.79 Å². The van der Waals surface area contributed by atoms with Crippen LogP contribution in [0.5, 0.6) is 0 Å². The highest BCUT2D eigenvalue weighted by molar-refractivity contribution is 6.33. The van der Waals surface area contributed by atoms with E-state index in [9.17, 15) is 9.59 Å². The van der Waals surface area contributed by atoms with E-state index in [0.29, 0.717) is 11.1 Å². The monoisotopic (exact) mass is 159 g/mol. The van der Waals surface area contributed by atoms with Crippen molar-refractivity contribution in [2.45, 2.75) is 0 Å². The van der Waals surface area contributed by atoms with E-state index in [4.69, 9.17) is 5.26 Å². The summed E-state index contributed by atoms with van der Waals surface area (Å²) in [6.45, 7) is 0. The van der Waals surface area contributed by atoms with Gasteiger partial charge in [-0.15, -0.1) is 0 Å². The Balaban J connectivity index is 3.01. The van der Waals surface area contributed by atoms with Gasteiger partial charge in [0.2, 0.25) is 5.78 Å². The van der Waals surface area contributed by atoms with Crippen molar-refractivity contribution < 1.29 is 9.59 Å².